The predicted molar refractivity (Wildman–Crippen MR) is 164 cm³/mol. The number of halogens is 1. The van der Waals surface area contributed by atoms with Gasteiger partial charge in [-0.05, 0) is 81.3 Å². The normalized spacial score (nSPS) is 17.4. The number of fused-ring (bicyclic) bond motifs is 2. The first-order chi connectivity index (χ1) is 19.8. The Kier molecular flexibility index (Phi) is 8.15. The van der Waals surface area contributed by atoms with Gasteiger partial charge in [-0.1, -0.05) is 22.0 Å². The van der Waals surface area contributed by atoms with E-state index in [0.29, 0.717) is 13.1 Å². The first-order valence-electron chi connectivity index (χ1n) is 13.7. The van der Waals surface area contributed by atoms with Crippen LogP contribution in [0.4, 0.5) is 0 Å². The van der Waals surface area contributed by atoms with Gasteiger partial charge in [0.2, 0.25) is 0 Å². The molecule has 0 saturated carbocycles. The molecule has 1 fully saturated rings. The van der Waals surface area contributed by atoms with Gasteiger partial charge >= 0.3 is 7.12 Å². The SMILES string of the molecule is Cn1ccc(-c2ccc3c(c2)CNC3=O)n1.Cn1ccc(B2OC(C)(C)C(C)(C)O2)n1.O=C1NCc2cc(Br)ccc21. The Bertz CT molecular complexity index is 1630. The van der Waals surface area contributed by atoms with Crippen LogP contribution in [-0.4, -0.2) is 49.7 Å². The maximum atomic E-state index is 11.4. The van der Waals surface area contributed by atoms with Gasteiger partial charge in [0.1, 0.15) is 0 Å². The minimum atomic E-state index is -0.351. The van der Waals surface area contributed by atoms with Gasteiger partial charge in [-0.3, -0.25) is 19.0 Å². The highest BCUT2D eigenvalue weighted by Gasteiger charge is 2.52. The molecule has 1 saturated heterocycles. The lowest BCUT2D eigenvalue weighted by Crippen LogP contribution is -2.41. The van der Waals surface area contributed by atoms with Crippen molar-refractivity contribution in [1.82, 2.24) is 30.2 Å². The van der Waals surface area contributed by atoms with Crippen molar-refractivity contribution in [2.45, 2.75) is 52.0 Å². The third-order valence-electron chi connectivity index (χ3n) is 7.78. The van der Waals surface area contributed by atoms with Crippen molar-refractivity contribution in [3.63, 3.8) is 0 Å². The number of hydrogen-bond donors (Lipinski definition) is 2. The van der Waals surface area contributed by atoms with E-state index < -0.39 is 0 Å². The summed E-state index contributed by atoms with van der Waals surface area (Å²) in [6.45, 7) is 9.43. The molecule has 2 aromatic carbocycles. The molecule has 0 spiro atoms. The van der Waals surface area contributed by atoms with Crippen molar-refractivity contribution >= 4 is 40.5 Å². The number of aromatic nitrogens is 4. The number of benzene rings is 2. The van der Waals surface area contributed by atoms with Crippen molar-refractivity contribution in [2.75, 3.05) is 0 Å². The molecule has 0 aliphatic carbocycles. The topological polar surface area (TPSA) is 112 Å². The van der Waals surface area contributed by atoms with Crippen LogP contribution in [-0.2, 0) is 36.5 Å². The van der Waals surface area contributed by atoms with Crippen LogP contribution in [0.3, 0.4) is 0 Å². The maximum Gasteiger partial charge on any atom is 0.516 e. The minimum absolute atomic E-state index is 0.0163. The van der Waals surface area contributed by atoms with E-state index in [2.05, 4.69) is 36.8 Å². The fourth-order valence-electron chi connectivity index (χ4n) is 4.68. The predicted octanol–water partition coefficient (Wildman–Crippen LogP) is 3.74. The summed E-state index contributed by atoms with van der Waals surface area (Å²) in [5.74, 6) is 0.0510. The van der Waals surface area contributed by atoms with Gasteiger partial charge in [-0.25, -0.2) is 0 Å². The summed E-state index contributed by atoms with van der Waals surface area (Å²) < 4.78 is 16.3. The Labute approximate surface area is 254 Å². The van der Waals surface area contributed by atoms with E-state index in [9.17, 15) is 9.59 Å². The monoisotopic (exact) mass is 632 g/mol. The molecule has 12 heteroatoms. The second-order valence-electron chi connectivity index (χ2n) is 11.4. The lowest BCUT2D eigenvalue weighted by atomic mass is 9.85. The number of rotatable bonds is 2. The van der Waals surface area contributed by atoms with Crippen LogP contribution >= 0.6 is 15.9 Å². The standard InChI is InChI=1S/C12H11N3O.C10H17BN2O2.C8H6BrNO/c1-15-5-4-11(14-15)8-2-3-10-9(6-8)7-13-12(10)16;1-9(2)10(3,4)15-11(14-9)8-6-7-13(5)12-8;9-6-1-2-7-5(3-6)4-10-8(7)11/h2-6H,7H2,1H3,(H,13,16);6-7H,1-5H3;1-3H,4H2,(H,10,11). The molecule has 0 bridgehead atoms. The Morgan fingerprint density at radius 2 is 1.33 bits per heavy atom. The average molecular weight is 633 g/mol. The third-order valence-corrected chi connectivity index (χ3v) is 8.27. The highest BCUT2D eigenvalue weighted by atomic mass is 79.9. The minimum Gasteiger partial charge on any atom is -0.398 e. The lowest BCUT2D eigenvalue weighted by Gasteiger charge is -2.32. The number of carbonyl (C=O) groups excluding carboxylic acids is 2. The number of nitrogens with zero attached hydrogens (tertiary/aromatic N) is 4. The van der Waals surface area contributed by atoms with Gasteiger partial charge in [0.15, 0.2) is 0 Å². The molecule has 7 rings (SSSR count). The van der Waals surface area contributed by atoms with Crippen LogP contribution in [0, 0.1) is 0 Å². The van der Waals surface area contributed by atoms with E-state index in [1.165, 1.54) is 0 Å². The Morgan fingerprint density at radius 3 is 1.88 bits per heavy atom. The van der Waals surface area contributed by atoms with Crippen LogP contribution < -0.4 is 16.2 Å². The van der Waals surface area contributed by atoms with E-state index in [-0.39, 0.29) is 30.1 Å². The van der Waals surface area contributed by atoms with Crippen molar-refractivity contribution in [1.29, 1.82) is 0 Å². The molecule has 3 aliphatic heterocycles. The molecule has 2 amide bonds. The van der Waals surface area contributed by atoms with Crippen molar-refractivity contribution in [3.05, 3.63) is 87.7 Å². The zero-order valence-corrected chi connectivity index (χ0v) is 26.2. The van der Waals surface area contributed by atoms with E-state index in [0.717, 1.165) is 43.6 Å². The van der Waals surface area contributed by atoms with Gasteiger partial charge in [0.05, 0.1) is 22.5 Å². The lowest BCUT2D eigenvalue weighted by molar-refractivity contribution is 0.00578. The van der Waals surface area contributed by atoms with Crippen molar-refractivity contribution in [3.8, 4) is 11.3 Å². The fraction of sp³-hybridized carbons (Fsp3) is 0.333. The largest absolute Gasteiger partial charge is 0.516 e. The molecule has 10 nitrogen and oxygen atoms in total. The average Bonchev–Trinajstić information content (AvgIpc) is 3.75. The maximum absolute atomic E-state index is 11.4. The zero-order chi connectivity index (χ0) is 30.2. The van der Waals surface area contributed by atoms with Crippen molar-refractivity contribution in [2.24, 2.45) is 14.1 Å². The highest BCUT2D eigenvalue weighted by Crippen LogP contribution is 2.36. The molecular weight excluding hydrogens is 599 g/mol. The molecular formula is C30H34BBrN6O4. The molecule has 0 radical (unpaired) electrons. The van der Waals surface area contributed by atoms with E-state index in [1.54, 1.807) is 9.36 Å². The summed E-state index contributed by atoms with van der Waals surface area (Å²) in [6, 6.07) is 15.4. The molecule has 5 heterocycles. The second kappa shape index (κ2) is 11.5. The summed E-state index contributed by atoms with van der Waals surface area (Å²) in [4.78, 5) is 22.4. The van der Waals surface area contributed by atoms with Gasteiger partial charge in [0.25, 0.3) is 11.8 Å². The summed E-state index contributed by atoms with van der Waals surface area (Å²) in [6.07, 6.45) is 3.80. The first-order valence-corrected chi connectivity index (χ1v) is 14.5. The number of carbonyl (C=O) groups is 2. The molecule has 0 atom stereocenters. The molecule has 0 unspecified atom stereocenters. The molecule has 218 valence electrons. The fourth-order valence-corrected chi connectivity index (χ4v) is 5.09. The van der Waals surface area contributed by atoms with Gasteiger partial charge in [-0.2, -0.15) is 10.2 Å². The Balaban J connectivity index is 0.000000128. The Hall–Kier alpha value is -3.74. The van der Waals surface area contributed by atoms with Gasteiger partial charge < -0.3 is 19.9 Å². The number of hydrogen-bond acceptors (Lipinski definition) is 6. The van der Waals surface area contributed by atoms with E-state index >= 15 is 0 Å². The summed E-state index contributed by atoms with van der Waals surface area (Å²) in [7, 11) is 3.42. The zero-order valence-electron chi connectivity index (χ0n) is 24.6. The quantitative estimate of drug-likeness (QED) is 0.326. The molecule has 42 heavy (non-hydrogen) atoms. The highest BCUT2D eigenvalue weighted by molar-refractivity contribution is 9.10. The summed E-state index contributed by atoms with van der Waals surface area (Å²) >= 11 is 3.35. The molecule has 3 aliphatic rings. The molecule has 2 aromatic heterocycles. The number of aryl methyl sites for hydroxylation is 2. The first kappa shape index (κ1) is 29.7. The van der Waals surface area contributed by atoms with Crippen LogP contribution in [0.2, 0.25) is 0 Å². The van der Waals surface area contributed by atoms with E-state index in [4.69, 9.17) is 9.31 Å². The second-order valence-corrected chi connectivity index (χ2v) is 12.3. The number of amides is 2. The smallest absolute Gasteiger partial charge is 0.398 e. The third kappa shape index (κ3) is 6.20. The molecule has 2 N–H and O–H groups in total. The van der Waals surface area contributed by atoms with Gasteiger partial charge in [-0.15, -0.1) is 0 Å². The van der Waals surface area contributed by atoms with Crippen molar-refractivity contribution < 1.29 is 18.9 Å². The van der Waals surface area contributed by atoms with Crippen LogP contribution in [0.25, 0.3) is 11.3 Å². The van der Waals surface area contributed by atoms with Crippen LogP contribution in [0.15, 0.2) is 65.4 Å². The van der Waals surface area contributed by atoms with Crippen LogP contribution in [0.5, 0.6) is 0 Å². The van der Waals surface area contributed by atoms with Gasteiger partial charge in [0, 0.05) is 60.7 Å². The summed E-state index contributed by atoms with van der Waals surface area (Å²) in [5.41, 5.74) is 5.92. The molecule has 4 aromatic rings. The van der Waals surface area contributed by atoms with E-state index in [1.807, 2.05) is 103 Å². The summed E-state index contributed by atoms with van der Waals surface area (Å²) in [5, 5.41) is 14.2. The Morgan fingerprint density at radius 1 is 0.786 bits per heavy atom. The van der Waals surface area contributed by atoms with Crippen LogP contribution in [0.1, 0.15) is 59.5 Å². The number of nitrogens with one attached hydrogen (secondary N) is 2.